The number of aryl methyl sites for hydroxylation is 1. The van der Waals surface area contributed by atoms with Gasteiger partial charge in [-0.3, -0.25) is 14.6 Å². The van der Waals surface area contributed by atoms with Crippen LogP contribution in [-0.4, -0.2) is 60.4 Å². The van der Waals surface area contributed by atoms with E-state index in [4.69, 9.17) is 37.4 Å². The Morgan fingerprint density at radius 3 is 2.16 bits per heavy atom. The number of aromatic nitrogens is 1. The van der Waals surface area contributed by atoms with Crippen LogP contribution in [0.1, 0.15) is 60.1 Å². The molecule has 1 saturated heterocycles. The van der Waals surface area contributed by atoms with E-state index >= 15 is 0 Å². The normalized spacial score (nSPS) is 14.1. The Balaban J connectivity index is 0.986. The zero-order valence-electron chi connectivity index (χ0n) is 32.1. The van der Waals surface area contributed by atoms with Crippen LogP contribution in [0.3, 0.4) is 0 Å². The van der Waals surface area contributed by atoms with Crippen LogP contribution in [0, 0.1) is 6.92 Å². The summed E-state index contributed by atoms with van der Waals surface area (Å²) in [5.41, 5.74) is 8.21. The van der Waals surface area contributed by atoms with E-state index in [9.17, 15) is 4.79 Å². The first-order chi connectivity index (χ1) is 26.6. The van der Waals surface area contributed by atoms with E-state index in [0.29, 0.717) is 58.7 Å². The summed E-state index contributed by atoms with van der Waals surface area (Å²) in [5, 5.41) is 1.11. The summed E-state index contributed by atoms with van der Waals surface area (Å²) in [7, 11) is 0. The van der Waals surface area contributed by atoms with E-state index in [2.05, 4.69) is 77.2 Å². The van der Waals surface area contributed by atoms with Gasteiger partial charge in [-0.2, -0.15) is 0 Å². The lowest BCUT2D eigenvalue weighted by molar-refractivity contribution is -0.104. The minimum absolute atomic E-state index is 0.334. The molecule has 0 N–H and O–H groups in total. The standard InChI is InChI=1S/C46H49Cl2N3O4/c1-32(2)37-13-15-40(16-14-37)53-24-19-35-9-11-36(12-10-35)28-50-20-22-51(23-21-50)29-42(34(4)30-52)39-25-33(3)46(44(48)26-39)55-45-18-17-41(27-49-45)54-31-38-7-5-6-8-43(38)47/h5-18,25-27,30,32H,19-24,28-29,31H2,1-4H3/b42-34-. The van der Waals surface area contributed by atoms with Crippen molar-refractivity contribution < 1.29 is 19.0 Å². The largest absolute Gasteiger partial charge is 0.493 e. The van der Waals surface area contributed by atoms with Gasteiger partial charge in [-0.1, -0.05) is 91.6 Å². The number of rotatable bonds is 16. The molecule has 55 heavy (non-hydrogen) atoms. The molecular formula is C46H49Cl2N3O4. The average Bonchev–Trinajstić information content (AvgIpc) is 3.19. The van der Waals surface area contributed by atoms with Gasteiger partial charge in [0.2, 0.25) is 5.88 Å². The number of aldehydes is 1. The zero-order chi connectivity index (χ0) is 38.7. The fourth-order valence-corrected chi connectivity index (χ4v) is 7.07. The highest BCUT2D eigenvalue weighted by Crippen LogP contribution is 2.36. The Labute approximate surface area is 335 Å². The summed E-state index contributed by atoms with van der Waals surface area (Å²) in [6.45, 7) is 14.5. The molecule has 0 radical (unpaired) electrons. The third-order valence-corrected chi connectivity index (χ3v) is 10.6. The quantitative estimate of drug-likeness (QED) is 0.0730. The number of benzene rings is 4. The molecule has 0 saturated carbocycles. The molecule has 0 aliphatic carbocycles. The van der Waals surface area contributed by atoms with Gasteiger partial charge in [-0.15, -0.1) is 0 Å². The lowest BCUT2D eigenvalue weighted by Gasteiger charge is -2.35. The maximum Gasteiger partial charge on any atom is 0.219 e. The number of nitrogens with zero attached hydrogens (tertiary/aromatic N) is 3. The van der Waals surface area contributed by atoms with Crippen molar-refractivity contribution in [3.05, 3.63) is 152 Å². The molecule has 0 atom stereocenters. The van der Waals surface area contributed by atoms with Gasteiger partial charge in [0.25, 0.3) is 0 Å². The van der Waals surface area contributed by atoms with Gasteiger partial charge in [0.15, 0.2) is 5.75 Å². The van der Waals surface area contributed by atoms with Crippen LogP contribution in [0.4, 0.5) is 0 Å². The predicted molar refractivity (Wildman–Crippen MR) is 223 cm³/mol. The molecule has 1 fully saturated rings. The van der Waals surface area contributed by atoms with Crippen molar-refractivity contribution in [2.24, 2.45) is 0 Å². The highest BCUT2D eigenvalue weighted by Gasteiger charge is 2.21. The number of piperazine rings is 1. The van der Waals surface area contributed by atoms with Crippen molar-refractivity contribution in [3.8, 4) is 23.1 Å². The van der Waals surface area contributed by atoms with E-state index in [-0.39, 0.29) is 0 Å². The van der Waals surface area contributed by atoms with E-state index in [1.165, 1.54) is 16.7 Å². The van der Waals surface area contributed by atoms with Crippen LogP contribution < -0.4 is 14.2 Å². The fraction of sp³-hybridized carbons (Fsp3) is 0.304. The molecule has 1 aromatic heterocycles. The van der Waals surface area contributed by atoms with Crippen molar-refractivity contribution in [2.75, 3.05) is 39.3 Å². The molecule has 1 aliphatic heterocycles. The molecule has 0 spiro atoms. The molecule has 6 rings (SSSR count). The number of pyridine rings is 1. The van der Waals surface area contributed by atoms with Gasteiger partial charge in [0.05, 0.1) is 17.8 Å². The van der Waals surface area contributed by atoms with Crippen LogP contribution >= 0.6 is 23.2 Å². The lowest BCUT2D eigenvalue weighted by atomic mass is 9.98. The Kier molecular flexibility index (Phi) is 14.0. The number of ether oxygens (including phenoxy) is 3. The topological polar surface area (TPSA) is 64.1 Å². The lowest BCUT2D eigenvalue weighted by Crippen LogP contribution is -2.46. The molecule has 0 amide bonds. The van der Waals surface area contributed by atoms with Crippen LogP contribution in [0.2, 0.25) is 10.0 Å². The molecule has 2 heterocycles. The van der Waals surface area contributed by atoms with Crippen molar-refractivity contribution >= 4 is 35.1 Å². The Morgan fingerprint density at radius 2 is 1.51 bits per heavy atom. The highest BCUT2D eigenvalue weighted by molar-refractivity contribution is 6.32. The smallest absolute Gasteiger partial charge is 0.219 e. The van der Waals surface area contributed by atoms with E-state index in [1.807, 2.05) is 50.2 Å². The monoisotopic (exact) mass is 777 g/mol. The molecule has 4 aromatic carbocycles. The molecular weight excluding hydrogens is 729 g/mol. The zero-order valence-corrected chi connectivity index (χ0v) is 33.6. The highest BCUT2D eigenvalue weighted by atomic mass is 35.5. The van der Waals surface area contributed by atoms with Crippen molar-refractivity contribution in [2.45, 2.75) is 53.2 Å². The van der Waals surface area contributed by atoms with Gasteiger partial charge in [-0.05, 0) is 95.1 Å². The minimum atomic E-state index is 0.334. The van der Waals surface area contributed by atoms with Crippen LogP contribution in [0.25, 0.3) is 5.57 Å². The second-order valence-corrected chi connectivity index (χ2v) is 15.2. The fourth-order valence-electron chi connectivity index (χ4n) is 6.58. The maximum atomic E-state index is 12.1. The summed E-state index contributed by atoms with van der Waals surface area (Å²) >= 11 is 13.1. The molecule has 5 aromatic rings. The summed E-state index contributed by atoms with van der Waals surface area (Å²) in [5.74, 6) is 2.95. The van der Waals surface area contributed by atoms with Gasteiger partial charge in [0.1, 0.15) is 24.4 Å². The van der Waals surface area contributed by atoms with Crippen LogP contribution in [-0.2, 0) is 24.4 Å². The average molecular weight is 779 g/mol. The number of hydrogen-bond acceptors (Lipinski definition) is 7. The van der Waals surface area contributed by atoms with Gasteiger partial charge in [-0.25, -0.2) is 4.98 Å². The summed E-state index contributed by atoms with van der Waals surface area (Å²) in [6, 6.07) is 32.3. The minimum Gasteiger partial charge on any atom is -0.493 e. The molecule has 7 nitrogen and oxygen atoms in total. The first kappa shape index (κ1) is 40.0. The van der Waals surface area contributed by atoms with Crippen LogP contribution in [0.5, 0.6) is 23.1 Å². The van der Waals surface area contributed by atoms with E-state index < -0.39 is 0 Å². The predicted octanol–water partition coefficient (Wildman–Crippen LogP) is 10.6. The molecule has 1 aliphatic rings. The summed E-state index contributed by atoms with van der Waals surface area (Å²) in [6.07, 6.45) is 3.41. The first-order valence-corrected chi connectivity index (χ1v) is 19.6. The Hall–Kier alpha value is -4.66. The van der Waals surface area contributed by atoms with E-state index in [0.717, 1.165) is 73.4 Å². The summed E-state index contributed by atoms with van der Waals surface area (Å²) in [4.78, 5) is 21.4. The van der Waals surface area contributed by atoms with Gasteiger partial charge < -0.3 is 14.2 Å². The Bertz CT molecular complexity index is 2030. The molecule has 9 heteroatoms. The van der Waals surface area contributed by atoms with Gasteiger partial charge >= 0.3 is 0 Å². The van der Waals surface area contributed by atoms with Crippen LogP contribution in [0.15, 0.2) is 109 Å². The van der Waals surface area contributed by atoms with E-state index in [1.54, 1.807) is 18.3 Å². The number of carbonyl (C=O) groups is 1. The third kappa shape index (κ3) is 11.2. The van der Waals surface area contributed by atoms with Crippen molar-refractivity contribution in [1.82, 2.24) is 14.8 Å². The number of carbonyl (C=O) groups excluding carboxylic acids is 1. The van der Waals surface area contributed by atoms with Gasteiger partial charge in [0, 0.05) is 62.3 Å². The SMILES string of the molecule is C/C(C=O)=C(\CN1CCN(Cc2ccc(CCOc3ccc(C(C)C)cc3)cc2)CC1)c1cc(C)c(Oc2ccc(OCc3ccccc3Cl)cn2)c(Cl)c1. The number of allylic oxidation sites excluding steroid dienone is 1. The molecule has 0 unspecified atom stereocenters. The summed E-state index contributed by atoms with van der Waals surface area (Å²) < 4.78 is 18.0. The maximum absolute atomic E-state index is 12.1. The first-order valence-electron chi connectivity index (χ1n) is 18.9. The number of hydrogen-bond donors (Lipinski definition) is 0. The molecule has 0 bridgehead atoms. The van der Waals surface area contributed by atoms with Crippen molar-refractivity contribution in [3.63, 3.8) is 0 Å². The third-order valence-electron chi connectivity index (χ3n) is 9.98. The Morgan fingerprint density at radius 1 is 0.818 bits per heavy atom. The second kappa shape index (κ2) is 19.3. The number of halogens is 2. The van der Waals surface area contributed by atoms with Crippen molar-refractivity contribution in [1.29, 1.82) is 0 Å². The second-order valence-electron chi connectivity index (χ2n) is 14.4. The molecule has 286 valence electrons.